The molecule has 1 aromatic carbocycles. The van der Waals surface area contributed by atoms with E-state index < -0.39 is 16.2 Å². The van der Waals surface area contributed by atoms with Crippen molar-refractivity contribution in [3.05, 3.63) is 24.3 Å². The summed E-state index contributed by atoms with van der Waals surface area (Å²) < 4.78 is 21.9. The first kappa shape index (κ1) is 14.7. The molecule has 0 N–H and O–H groups in total. The minimum Gasteiger partial charge on any atom is -0.497 e. The molecule has 0 bridgehead atoms. The molecule has 0 saturated carbocycles. The SMILES string of the molecule is COC(=O)C(C)(C)CS(=O)c1ccc(OC)cc1. The van der Waals surface area contributed by atoms with Crippen LogP contribution in [0.1, 0.15) is 13.8 Å². The van der Waals surface area contributed by atoms with Crippen molar-refractivity contribution in [2.45, 2.75) is 18.7 Å². The molecular formula is C13H18O4S. The van der Waals surface area contributed by atoms with Gasteiger partial charge in [0.25, 0.3) is 0 Å². The van der Waals surface area contributed by atoms with Gasteiger partial charge < -0.3 is 9.47 Å². The zero-order valence-corrected chi connectivity index (χ0v) is 11.9. The number of hydrogen-bond acceptors (Lipinski definition) is 4. The summed E-state index contributed by atoms with van der Waals surface area (Å²) in [5.74, 6) is 0.582. The van der Waals surface area contributed by atoms with E-state index in [0.717, 1.165) is 0 Å². The third-order valence-electron chi connectivity index (χ3n) is 2.55. The van der Waals surface area contributed by atoms with Gasteiger partial charge in [-0.1, -0.05) is 0 Å². The number of benzene rings is 1. The van der Waals surface area contributed by atoms with Crippen LogP contribution in [0.2, 0.25) is 0 Å². The Morgan fingerprint density at radius 3 is 2.22 bits per heavy atom. The second kappa shape index (κ2) is 6.00. The lowest BCUT2D eigenvalue weighted by atomic mass is 9.97. The molecule has 5 heteroatoms. The third-order valence-corrected chi connectivity index (χ3v) is 4.33. The fourth-order valence-electron chi connectivity index (χ4n) is 1.47. The summed E-state index contributed by atoms with van der Waals surface area (Å²) in [6.45, 7) is 3.44. The molecule has 1 aromatic rings. The summed E-state index contributed by atoms with van der Waals surface area (Å²) in [6.07, 6.45) is 0. The molecular weight excluding hydrogens is 252 g/mol. The number of rotatable bonds is 5. The predicted molar refractivity (Wildman–Crippen MR) is 70.1 cm³/mol. The van der Waals surface area contributed by atoms with E-state index in [1.165, 1.54) is 7.11 Å². The smallest absolute Gasteiger partial charge is 0.312 e. The second-order valence-corrected chi connectivity index (χ2v) is 5.99. The van der Waals surface area contributed by atoms with Crippen molar-refractivity contribution in [3.8, 4) is 5.75 Å². The van der Waals surface area contributed by atoms with Crippen LogP contribution in [0.25, 0.3) is 0 Å². The molecule has 0 aliphatic rings. The molecule has 0 saturated heterocycles. The Bertz CT molecular complexity index is 437. The Balaban J connectivity index is 2.78. The van der Waals surface area contributed by atoms with Crippen LogP contribution in [-0.2, 0) is 20.3 Å². The number of hydrogen-bond donors (Lipinski definition) is 0. The van der Waals surface area contributed by atoms with Gasteiger partial charge in [-0.05, 0) is 38.1 Å². The summed E-state index contributed by atoms with van der Waals surface area (Å²) >= 11 is 0. The molecule has 1 atom stereocenters. The summed E-state index contributed by atoms with van der Waals surface area (Å²) in [4.78, 5) is 12.2. The van der Waals surface area contributed by atoms with Gasteiger partial charge in [0.15, 0.2) is 0 Å². The van der Waals surface area contributed by atoms with Crippen LogP contribution in [-0.4, -0.2) is 30.2 Å². The normalized spacial score (nSPS) is 12.9. The summed E-state index contributed by atoms with van der Waals surface area (Å²) in [6, 6.07) is 6.97. The van der Waals surface area contributed by atoms with E-state index in [-0.39, 0.29) is 11.7 Å². The van der Waals surface area contributed by atoms with Crippen molar-refractivity contribution in [2.24, 2.45) is 5.41 Å². The van der Waals surface area contributed by atoms with E-state index in [1.807, 2.05) is 0 Å². The van der Waals surface area contributed by atoms with Crippen molar-refractivity contribution in [2.75, 3.05) is 20.0 Å². The number of ether oxygens (including phenoxy) is 2. The van der Waals surface area contributed by atoms with Gasteiger partial charge in [-0.3, -0.25) is 9.00 Å². The lowest BCUT2D eigenvalue weighted by Crippen LogP contribution is -2.31. The van der Waals surface area contributed by atoms with Crippen LogP contribution < -0.4 is 4.74 Å². The van der Waals surface area contributed by atoms with Gasteiger partial charge in [-0.25, -0.2) is 0 Å². The molecule has 0 amide bonds. The fourth-order valence-corrected chi connectivity index (χ4v) is 2.85. The molecule has 0 spiro atoms. The quantitative estimate of drug-likeness (QED) is 0.768. The highest BCUT2D eigenvalue weighted by molar-refractivity contribution is 7.85. The van der Waals surface area contributed by atoms with E-state index in [0.29, 0.717) is 10.6 Å². The predicted octanol–water partition coefficient (Wildman–Crippen LogP) is 2.00. The Labute approximate surface area is 110 Å². The minimum absolute atomic E-state index is 0.228. The fraction of sp³-hybridized carbons (Fsp3) is 0.462. The topological polar surface area (TPSA) is 52.6 Å². The van der Waals surface area contributed by atoms with Crippen LogP contribution in [0.5, 0.6) is 5.75 Å². The molecule has 18 heavy (non-hydrogen) atoms. The van der Waals surface area contributed by atoms with E-state index in [4.69, 9.17) is 9.47 Å². The van der Waals surface area contributed by atoms with Gasteiger partial charge in [0.05, 0.1) is 30.4 Å². The second-order valence-electron chi connectivity index (χ2n) is 4.54. The lowest BCUT2D eigenvalue weighted by Gasteiger charge is -2.20. The average Bonchev–Trinajstić information content (AvgIpc) is 2.37. The van der Waals surface area contributed by atoms with Gasteiger partial charge >= 0.3 is 5.97 Å². The Morgan fingerprint density at radius 1 is 1.22 bits per heavy atom. The van der Waals surface area contributed by atoms with Crippen LogP contribution in [0, 0.1) is 5.41 Å². The zero-order chi connectivity index (χ0) is 13.8. The molecule has 0 aromatic heterocycles. The van der Waals surface area contributed by atoms with Gasteiger partial charge in [0.1, 0.15) is 5.75 Å². The highest BCUT2D eigenvalue weighted by Gasteiger charge is 2.31. The molecule has 1 unspecified atom stereocenters. The molecule has 100 valence electrons. The van der Waals surface area contributed by atoms with Crippen molar-refractivity contribution in [1.29, 1.82) is 0 Å². The van der Waals surface area contributed by atoms with E-state index in [2.05, 4.69) is 0 Å². The summed E-state index contributed by atoms with van der Waals surface area (Å²) in [7, 11) is 1.67. The molecule has 0 aliphatic carbocycles. The van der Waals surface area contributed by atoms with Gasteiger partial charge in [0.2, 0.25) is 0 Å². The molecule has 0 radical (unpaired) electrons. The Morgan fingerprint density at radius 2 is 1.78 bits per heavy atom. The van der Waals surface area contributed by atoms with E-state index in [9.17, 15) is 9.00 Å². The van der Waals surface area contributed by atoms with Crippen LogP contribution in [0.4, 0.5) is 0 Å². The Hall–Kier alpha value is -1.36. The van der Waals surface area contributed by atoms with E-state index >= 15 is 0 Å². The van der Waals surface area contributed by atoms with Gasteiger partial charge in [0, 0.05) is 10.6 Å². The highest BCUT2D eigenvalue weighted by atomic mass is 32.2. The van der Waals surface area contributed by atoms with Crippen molar-refractivity contribution in [1.82, 2.24) is 0 Å². The maximum atomic E-state index is 12.1. The maximum absolute atomic E-state index is 12.1. The highest BCUT2D eigenvalue weighted by Crippen LogP contribution is 2.22. The minimum atomic E-state index is -1.24. The van der Waals surface area contributed by atoms with Crippen molar-refractivity contribution in [3.63, 3.8) is 0 Å². The zero-order valence-electron chi connectivity index (χ0n) is 11.1. The van der Waals surface area contributed by atoms with Crippen LogP contribution in [0.15, 0.2) is 29.2 Å². The first-order valence-electron chi connectivity index (χ1n) is 5.51. The summed E-state index contributed by atoms with van der Waals surface area (Å²) in [5.41, 5.74) is -0.764. The van der Waals surface area contributed by atoms with Crippen LogP contribution >= 0.6 is 0 Å². The molecule has 4 nitrogen and oxygen atoms in total. The monoisotopic (exact) mass is 270 g/mol. The number of esters is 1. The first-order valence-corrected chi connectivity index (χ1v) is 6.83. The Kier molecular flexibility index (Phi) is 4.90. The largest absolute Gasteiger partial charge is 0.497 e. The number of methoxy groups -OCH3 is 2. The molecule has 0 fully saturated rings. The van der Waals surface area contributed by atoms with Gasteiger partial charge in [-0.2, -0.15) is 0 Å². The maximum Gasteiger partial charge on any atom is 0.312 e. The molecule has 0 aliphatic heterocycles. The number of carbonyl (C=O) groups is 1. The molecule has 0 heterocycles. The van der Waals surface area contributed by atoms with E-state index in [1.54, 1.807) is 45.2 Å². The number of carbonyl (C=O) groups excluding carboxylic acids is 1. The van der Waals surface area contributed by atoms with Crippen molar-refractivity contribution < 1.29 is 18.5 Å². The van der Waals surface area contributed by atoms with Crippen molar-refractivity contribution >= 4 is 16.8 Å². The average molecular weight is 270 g/mol. The standard InChI is InChI=1S/C13H18O4S/c1-13(2,12(14)17-4)9-18(15)11-7-5-10(16-3)6-8-11/h5-8H,9H2,1-4H3. The lowest BCUT2D eigenvalue weighted by molar-refractivity contribution is -0.149. The van der Waals surface area contributed by atoms with Gasteiger partial charge in [-0.15, -0.1) is 0 Å². The first-order chi connectivity index (χ1) is 8.40. The summed E-state index contributed by atoms with van der Waals surface area (Å²) in [5, 5.41) is 0. The van der Waals surface area contributed by atoms with Crippen LogP contribution in [0.3, 0.4) is 0 Å². The third kappa shape index (κ3) is 3.57. The molecule has 1 rings (SSSR count).